The molecule has 1 aromatic heterocycles. The molecular weight excluding hydrogens is 611 g/mol. The summed E-state index contributed by atoms with van der Waals surface area (Å²) in [7, 11) is 0. The van der Waals surface area contributed by atoms with Crippen LogP contribution in [-0.2, 0) is 10.8 Å². The van der Waals surface area contributed by atoms with Crippen LogP contribution in [0.1, 0.15) is 88.1 Å². The van der Waals surface area contributed by atoms with Gasteiger partial charge in [-0.2, -0.15) is 0 Å². The largest absolute Gasteiger partial charge is 0.335 e. The summed E-state index contributed by atoms with van der Waals surface area (Å²) in [5.74, 6) is 0. The molecule has 0 radical (unpaired) electrons. The molecule has 5 aromatic carbocycles. The topological polar surface area (TPSA) is 6.48 Å². The Morgan fingerprint density at radius 3 is 2.20 bits per heavy atom. The van der Waals surface area contributed by atoms with E-state index in [2.05, 4.69) is 144 Å². The van der Waals surface area contributed by atoms with Gasteiger partial charge >= 0.3 is 0 Å². The molecule has 0 amide bonds. The van der Waals surface area contributed by atoms with Crippen LogP contribution in [0.2, 0.25) is 0 Å². The van der Waals surface area contributed by atoms with E-state index in [1.165, 1.54) is 113 Å². The van der Waals surface area contributed by atoms with Gasteiger partial charge in [-0.25, -0.2) is 0 Å². The minimum Gasteiger partial charge on any atom is -0.335 e. The van der Waals surface area contributed by atoms with Gasteiger partial charge in [0.2, 0.25) is 0 Å². The first-order valence-electron chi connectivity index (χ1n) is 18.4. The normalized spacial score (nSPS) is 22.0. The van der Waals surface area contributed by atoms with Gasteiger partial charge in [-0.15, -0.1) is 11.3 Å². The average Bonchev–Trinajstić information content (AvgIpc) is 3.54. The van der Waals surface area contributed by atoms with Crippen LogP contribution in [0, 0.1) is 20.8 Å². The van der Waals surface area contributed by atoms with Gasteiger partial charge in [-0.1, -0.05) is 101 Å². The Kier molecular flexibility index (Phi) is 5.85. The molecule has 4 aliphatic rings. The first-order chi connectivity index (χ1) is 23.4. The molecule has 0 bridgehead atoms. The Hall–Kier alpha value is -4.02. The van der Waals surface area contributed by atoms with Crippen molar-refractivity contribution in [2.75, 3.05) is 9.80 Å². The highest BCUT2D eigenvalue weighted by Crippen LogP contribution is 2.62. The smallest absolute Gasteiger partial charge is 0.252 e. The Morgan fingerprint density at radius 1 is 0.714 bits per heavy atom. The second-order valence-electron chi connectivity index (χ2n) is 17.1. The Morgan fingerprint density at radius 2 is 1.43 bits per heavy atom. The first kappa shape index (κ1) is 29.9. The van der Waals surface area contributed by atoms with Crippen molar-refractivity contribution in [2.24, 2.45) is 0 Å². The predicted molar refractivity (Wildman–Crippen MR) is 214 cm³/mol. The number of benzene rings is 5. The first-order valence-corrected chi connectivity index (χ1v) is 19.2. The van der Waals surface area contributed by atoms with Gasteiger partial charge in [0.15, 0.2) is 0 Å². The van der Waals surface area contributed by atoms with Crippen LogP contribution in [0.25, 0.3) is 20.2 Å². The highest BCUT2D eigenvalue weighted by atomic mass is 32.1. The second-order valence-corrected chi connectivity index (χ2v) is 18.1. The maximum absolute atomic E-state index is 2.85. The number of nitrogens with zero attached hydrogens (tertiary/aromatic N) is 2. The minimum absolute atomic E-state index is 0.0386. The van der Waals surface area contributed by atoms with E-state index in [4.69, 9.17) is 0 Å². The highest BCUT2D eigenvalue weighted by Gasteiger charge is 2.61. The van der Waals surface area contributed by atoms with Gasteiger partial charge in [-0.05, 0) is 108 Å². The van der Waals surface area contributed by atoms with Crippen molar-refractivity contribution in [3.8, 4) is 0 Å². The number of anilines is 5. The van der Waals surface area contributed by atoms with Gasteiger partial charge in [0.05, 0.1) is 21.6 Å². The van der Waals surface area contributed by atoms with Crippen LogP contribution in [0.4, 0.5) is 28.4 Å². The van der Waals surface area contributed by atoms with E-state index in [0.29, 0.717) is 0 Å². The lowest BCUT2D eigenvalue weighted by Crippen LogP contribution is -2.64. The van der Waals surface area contributed by atoms with Crippen LogP contribution in [-0.4, -0.2) is 12.3 Å². The SMILES string of the molecule is Cc1cc2c3c(c1)N1c4c(cccc4C4(C)CCCCC14C)B3c1ccc3c(sc4ccccc43)c1N2c1c(C)cc(C(C)(C)C)cc1C. The molecule has 1 saturated carbocycles. The Labute approximate surface area is 295 Å². The summed E-state index contributed by atoms with van der Waals surface area (Å²) in [5.41, 5.74) is 18.6. The fourth-order valence-electron chi connectivity index (χ4n) is 10.7. The van der Waals surface area contributed by atoms with Crippen molar-refractivity contribution in [1.82, 2.24) is 0 Å². The van der Waals surface area contributed by atoms with Crippen LogP contribution < -0.4 is 26.2 Å². The lowest BCUT2D eigenvalue weighted by atomic mass is 9.33. The van der Waals surface area contributed by atoms with E-state index in [1.54, 1.807) is 5.56 Å². The quantitative estimate of drug-likeness (QED) is 0.162. The zero-order valence-electron chi connectivity index (χ0n) is 30.2. The van der Waals surface area contributed by atoms with Gasteiger partial charge in [0, 0.05) is 37.9 Å². The molecule has 3 aliphatic heterocycles. The van der Waals surface area contributed by atoms with Crippen molar-refractivity contribution in [1.29, 1.82) is 0 Å². The lowest BCUT2D eigenvalue weighted by molar-refractivity contribution is 0.195. The fraction of sp³-hybridized carbons (Fsp3) is 0.333. The molecule has 10 rings (SSSR count). The van der Waals surface area contributed by atoms with Crippen molar-refractivity contribution in [3.05, 3.63) is 107 Å². The van der Waals surface area contributed by atoms with E-state index in [0.717, 1.165) is 0 Å². The van der Waals surface area contributed by atoms with Crippen molar-refractivity contribution in [2.45, 2.75) is 97.4 Å². The van der Waals surface area contributed by atoms with Crippen LogP contribution in [0.5, 0.6) is 0 Å². The van der Waals surface area contributed by atoms with Crippen molar-refractivity contribution in [3.63, 3.8) is 0 Å². The standard InChI is InChI=1S/C45H45BN2S/c1-26-22-35-38-36(23-26)48-40-32(44(7)20-11-12-21-45(44,48)8)15-13-16-33(40)46(38)34-19-18-31-30-14-9-10-17-37(30)49-42(31)41(34)47(35)39-27(2)24-29(25-28(39)3)43(4,5)6/h9-10,13-19,22-25H,11-12,20-21H2,1-8H3. The van der Waals surface area contributed by atoms with Crippen molar-refractivity contribution < 1.29 is 0 Å². The maximum atomic E-state index is 2.85. The average molecular weight is 657 g/mol. The predicted octanol–water partition coefficient (Wildman–Crippen LogP) is 10.6. The Balaban J connectivity index is 1.36. The molecule has 2 nitrogen and oxygen atoms in total. The van der Waals surface area contributed by atoms with Crippen LogP contribution >= 0.6 is 11.3 Å². The molecule has 244 valence electrons. The summed E-state index contributed by atoms with van der Waals surface area (Å²) < 4.78 is 2.76. The number of fused-ring (bicyclic) bond motifs is 11. The van der Waals surface area contributed by atoms with Gasteiger partial charge in [0.25, 0.3) is 6.71 Å². The van der Waals surface area contributed by atoms with Gasteiger partial charge in [0.1, 0.15) is 0 Å². The van der Waals surface area contributed by atoms with E-state index in [-0.39, 0.29) is 23.1 Å². The fourth-order valence-corrected chi connectivity index (χ4v) is 11.9. The number of para-hydroxylation sites is 1. The highest BCUT2D eigenvalue weighted by molar-refractivity contribution is 7.26. The van der Waals surface area contributed by atoms with Crippen molar-refractivity contribution >= 4 is 83.0 Å². The third kappa shape index (κ3) is 3.64. The third-order valence-electron chi connectivity index (χ3n) is 13.2. The molecule has 49 heavy (non-hydrogen) atoms. The van der Waals surface area contributed by atoms with E-state index < -0.39 is 0 Å². The number of hydrogen-bond donors (Lipinski definition) is 0. The summed E-state index contributed by atoms with van der Waals surface area (Å²) in [6.07, 6.45) is 5.07. The van der Waals surface area contributed by atoms with Gasteiger partial charge < -0.3 is 9.80 Å². The summed E-state index contributed by atoms with van der Waals surface area (Å²) >= 11 is 1.97. The molecule has 1 fully saturated rings. The third-order valence-corrected chi connectivity index (χ3v) is 14.4. The molecule has 4 heteroatoms. The monoisotopic (exact) mass is 656 g/mol. The molecule has 6 aromatic rings. The number of thiophene rings is 1. The maximum Gasteiger partial charge on any atom is 0.252 e. The van der Waals surface area contributed by atoms with Crippen LogP contribution in [0.3, 0.4) is 0 Å². The number of rotatable bonds is 1. The Bertz CT molecular complexity index is 2410. The molecule has 0 saturated heterocycles. The number of aryl methyl sites for hydroxylation is 3. The zero-order valence-corrected chi connectivity index (χ0v) is 31.0. The van der Waals surface area contributed by atoms with Gasteiger partial charge in [-0.3, -0.25) is 0 Å². The molecular formula is C45H45BN2S. The van der Waals surface area contributed by atoms with Crippen LogP contribution in [0.15, 0.2) is 78.9 Å². The molecule has 2 atom stereocenters. The van der Waals surface area contributed by atoms with E-state index in [1.807, 2.05) is 11.3 Å². The summed E-state index contributed by atoms with van der Waals surface area (Å²) in [6.45, 7) is 19.3. The summed E-state index contributed by atoms with van der Waals surface area (Å²) in [6, 6.07) is 31.2. The summed E-state index contributed by atoms with van der Waals surface area (Å²) in [5, 5.41) is 2.72. The molecule has 0 N–H and O–H groups in total. The zero-order chi connectivity index (χ0) is 33.8. The lowest BCUT2D eigenvalue weighted by Gasteiger charge is -2.53. The molecule has 2 unspecified atom stereocenters. The van der Waals surface area contributed by atoms with E-state index >= 15 is 0 Å². The molecule has 1 aliphatic carbocycles. The molecule has 4 heterocycles. The molecule has 0 spiro atoms. The number of hydrogen-bond acceptors (Lipinski definition) is 3. The van der Waals surface area contributed by atoms with E-state index in [9.17, 15) is 0 Å². The summed E-state index contributed by atoms with van der Waals surface area (Å²) in [4.78, 5) is 5.56. The minimum atomic E-state index is 0.0386. The second kappa shape index (κ2) is 9.61.